The summed E-state index contributed by atoms with van der Waals surface area (Å²) in [5, 5.41) is 1.67. The molecule has 26 heavy (non-hydrogen) atoms. The number of nitrogens with one attached hydrogen (secondary N) is 1. The van der Waals surface area contributed by atoms with E-state index in [2.05, 4.69) is 9.97 Å². The van der Waals surface area contributed by atoms with Gasteiger partial charge in [-0.15, -0.1) is 0 Å². The van der Waals surface area contributed by atoms with Crippen LogP contribution in [0.25, 0.3) is 33.9 Å². The van der Waals surface area contributed by atoms with Crippen molar-refractivity contribution in [1.29, 1.82) is 0 Å². The molecular weight excluding hydrogens is 389 g/mol. The number of hydrogen-bond donors (Lipinski definition) is 1. The fourth-order valence-electron chi connectivity index (χ4n) is 2.70. The molecule has 2 aromatic heterocycles. The van der Waals surface area contributed by atoms with E-state index in [1.807, 2.05) is 42.5 Å². The van der Waals surface area contributed by atoms with Crippen LogP contribution in [0.1, 0.15) is 0 Å². The van der Waals surface area contributed by atoms with Gasteiger partial charge in [0, 0.05) is 34.1 Å². The summed E-state index contributed by atoms with van der Waals surface area (Å²) in [6.07, 6.45) is 3.50. The Kier molecular flexibility index (Phi) is 4.68. The van der Waals surface area contributed by atoms with Crippen LogP contribution >= 0.6 is 34.8 Å². The van der Waals surface area contributed by atoms with E-state index in [0.717, 1.165) is 28.1 Å². The Labute approximate surface area is 165 Å². The molecule has 2 aromatic carbocycles. The summed E-state index contributed by atoms with van der Waals surface area (Å²) >= 11 is 18.2. The third-order valence-electron chi connectivity index (χ3n) is 3.98. The molecule has 0 unspecified atom stereocenters. The number of halogens is 3. The molecule has 0 radical (unpaired) electrons. The van der Waals surface area contributed by atoms with Crippen molar-refractivity contribution in [1.82, 2.24) is 15.0 Å². The Hall–Kier alpha value is -2.33. The molecule has 4 rings (SSSR count). The van der Waals surface area contributed by atoms with Crippen LogP contribution in [0, 0.1) is 0 Å². The summed E-state index contributed by atoms with van der Waals surface area (Å²) < 4.78 is 0. The molecule has 0 amide bonds. The van der Waals surface area contributed by atoms with Crippen LogP contribution in [0.3, 0.4) is 0 Å². The van der Waals surface area contributed by atoms with Gasteiger partial charge in [0.15, 0.2) is 0 Å². The zero-order valence-electron chi connectivity index (χ0n) is 13.4. The van der Waals surface area contributed by atoms with Crippen molar-refractivity contribution >= 4 is 34.8 Å². The standard InChI is InChI=1S/C20H12Cl3N3/c21-15-4-1-12(2-5-15)18-19(13-7-9-24-10-8-13)26-20(25-18)14-3-6-16(22)17(23)11-14/h1-11H,(H,25,26). The van der Waals surface area contributed by atoms with Crippen molar-refractivity contribution in [3.8, 4) is 33.9 Å². The summed E-state index contributed by atoms with van der Waals surface area (Å²) in [5.41, 5.74) is 4.53. The number of H-pyrrole nitrogens is 1. The average molecular weight is 401 g/mol. The van der Waals surface area contributed by atoms with Gasteiger partial charge in [-0.3, -0.25) is 4.98 Å². The van der Waals surface area contributed by atoms with Gasteiger partial charge in [-0.2, -0.15) is 0 Å². The van der Waals surface area contributed by atoms with Crippen LogP contribution < -0.4 is 0 Å². The number of nitrogens with zero attached hydrogens (tertiary/aromatic N) is 2. The van der Waals surface area contributed by atoms with Crippen molar-refractivity contribution in [3.63, 3.8) is 0 Å². The van der Waals surface area contributed by atoms with Crippen molar-refractivity contribution in [2.45, 2.75) is 0 Å². The summed E-state index contributed by atoms with van der Waals surface area (Å²) in [6, 6.07) is 16.9. The minimum Gasteiger partial charge on any atom is -0.337 e. The molecule has 3 nitrogen and oxygen atoms in total. The molecular formula is C20H12Cl3N3. The largest absolute Gasteiger partial charge is 0.337 e. The number of pyridine rings is 1. The molecule has 0 saturated heterocycles. The molecule has 0 aliphatic carbocycles. The maximum Gasteiger partial charge on any atom is 0.138 e. The molecule has 0 fully saturated rings. The van der Waals surface area contributed by atoms with Crippen molar-refractivity contribution in [2.75, 3.05) is 0 Å². The monoisotopic (exact) mass is 399 g/mol. The second-order valence-corrected chi connectivity index (χ2v) is 6.93. The van der Waals surface area contributed by atoms with E-state index >= 15 is 0 Å². The number of imidazole rings is 1. The molecule has 1 N–H and O–H groups in total. The average Bonchev–Trinajstić information content (AvgIpc) is 3.11. The van der Waals surface area contributed by atoms with Gasteiger partial charge in [0.25, 0.3) is 0 Å². The summed E-state index contributed by atoms with van der Waals surface area (Å²) in [7, 11) is 0. The first-order valence-electron chi connectivity index (χ1n) is 7.83. The van der Waals surface area contributed by atoms with E-state index in [1.165, 1.54) is 0 Å². The number of benzene rings is 2. The van der Waals surface area contributed by atoms with Crippen LogP contribution in [0.2, 0.25) is 15.1 Å². The van der Waals surface area contributed by atoms with Crippen LogP contribution in [0.4, 0.5) is 0 Å². The highest BCUT2D eigenvalue weighted by Crippen LogP contribution is 2.34. The Morgan fingerprint density at radius 3 is 2.08 bits per heavy atom. The topological polar surface area (TPSA) is 41.6 Å². The molecule has 0 bridgehead atoms. The van der Waals surface area contributed by atoms with Crippen LogP contribution in [-0.2, 0) is 0 Å². The normalized spacial score (nSPS) is 10.9. The molecule has 4 aromatic rings. The minimum absolute atomic E-state index is 0.485. The van der Waals surface area contributed by atoms with Crippen LogP contribution in [-0.4, -0.2) is 15.0 Å². The Morgan fingerprint density at radius 2 is 1.38 bits per heavy atom. The molecule has 0 aliphatic heterocycles. The van der Waals surface area contributed by atoms with E-state index in [0.29, 0.717) is 20.9 Å². The lowest BCUT2D eigenvalue weighted by Crippen LogP contribution is -1.84. The SMILES string of the molecule is Clc1ccc(-c2nc(-c3ccc(Cl)c(Cl)c3)[nH]c2-c2ccncc2)cc1. The summed E-state index contributed by atoms with van der Waals surface area (Å²) in [6.45, 7) is 0. The molecule has 2 heterocycles. The maximum atomic E-state index is 6.17. The lowest BCUT2D eigenvalue weighted by atomic mass is 10.1. The molecule has 0 spiro atoms. The van der Waals surface area contributed by atoms with E-state index in [4.69, 9.17) is 39.8 Å². The Morgan fingerprint density at radius 1 is 0.692 bits per heavy atom. The fourth-order valence-corrected chi connectivity index (χ4v) is 3.12. The van der Waals surface area contributed by atoms with Crippen molar-refractivity contribution in [2.24, 2.45) is 0 Å². The van der Waals surface area contributed by atoms with Crippen LogP contribution in [0.15, 0.2) is 67.0 Å². The van der Waals surface area contributed by atoms with Gasteiger partial charge in [0.05, 0.1) is 21.4 Å². The predicted octanol–water partition coefficient (Wildman–Crippen LogP) is 6.77. The minimum atomic E-state index is 0.485. The quantitative estimate of drug-likeness (QED) is 0.412. The van der Waals surface area contributed by atoms with E-state index < -0.39 is 0 Å². The lowest BCUT2D eigenvalue weighted by Gasteiger charge is -2.03. The number of aromatic amines is 1. The van der Waals surface area contributed by atoms with Gasteiger partial charge < -0.3 is 4.98 Å². The van der Waals surface area contributed by atoms with Crippen molar-refractivity contribution in [3.05, 3.63) is 82.1 Å². The summed E-state index contributed by atoms with van der Waals surface area (Å²) in [4.78, 5) is 12.3. The Bertz CT molecular complexity index is 1060. The molecule has 0 atom stereocenters. The highest BCUT2D eigenvalue weighted by atomic mass is 35.5. The molecule has 0 aliphatic rings. The molecule has 0 saturated carbocycles. The number of rotatable bonds is 3. The second-order valence-electron chi connectivity index (χ2n) is 5.68. The van der Waals surface area contributed by atoms with Gasteiger partial charge in [-0.05, 0) is 42.5 Å². The zero-order chi connectivity index (χ0) is 18.1. The third kappa shape index (κ3) is 3.34. The first kappa shape index (κ1) is 17.1. The van der Waals surface area contributed by atoms with Gasteiger partial charge >= 0.3 is 0 Å². The van der Waals surface area contributed by atoms with E-state index in [-0.39, 0.29) is 0 Å². The molecule has 128 valence electrons. The number of hydrogen-bond acceptors (Lipinski definition) is 2. The first-order valence-corrected chi connectivity index (χ1v) is 8.97. The predicted molar refractivity (Wildman–Crippen MR) is 108 cm³/mol. The third-order valence-corrected chi connectivity index (χ3v) is 4.97. The highest BCUT2D eigenvalue weighted by Gasteiger charge is 2.16. The van der Waals surface area contributed by atoms with Gasteiger partial charge in [0.1, 0.15) is 5.82 Å². The van der Waals surface area contributed by atoms with E-state index in [1.54, 1.807) is 24.5 Å². The van der Waals surface area contributed by atoms with Crippen LogP contribution in [0.5, 0.6) is 0 Å². The Balaban J connectivity index is 1.90. The van der Waals surface area contributed by atoms with Gasteiger partial charge in [0.2, 0.25) is 0 Å². The van der Waals surface area contributed by atoms with Gasteiger partial charge in [-0.1, -0.05) is 46.9 Å². The number of aromatic nitrogens is 3. The smallest absolute Gasteiger partial charge is 0.138 e. The second kappa shape index (κ2) is 7.12. The highest BCUT2D eigenvalue weighted by molar-refractivity contribution is 6.42. The lowest BCUT2D eigenvalue weighted by molar-refractivity contribution is 1.30. The van der Waals surface area contributed by atoms with Crippen molar-refractivity contribution < 1.29 is 0 Å². The first-order chi connectivity index (χ1) is 12.6. The zero-order valence-corrected chi connectivity index (χ0v) is 15.6. The van der Waals surface area contributed by atoms with E-state index in [9.17, 15) is 0 Å². The maximum absolute atomic E-state index is 6.17. The summed E-state index contributed by atoms with van der Waals surface area (Å²) in [5.74, 6) is 0.709. The fraction of sp³-hybridized carbons (Fsp3) is 0. The van der Waals surface area contributed by atoms with Gasteiger partial charge in [-0.25, -0.2) is 4.98 Å². The molecule has 6 heteroatoms.